The highest BCUT2D eigenvalue weighted by Crippen LogP contribution is 2.32. The van der Waals surface area contributed by atoms with E-state index in [1.54, 1.807) is 17.7 Å². The van der Waals surface area contributed by atoms with Crippen LogP contribution in [0.15, 0.2) is 108 Å². The quantitative estimate of drug-likeness (QED) is 0.203. The van der Waals surface area contributed by atoms with E-state index in [-0.39, 0.29) is 17.7 Å². The third kappa shape index (κ3) is 5.33. The first-order valence-corrected chi connectivity index (χ1v) is 13.1. The van der Waals surface area contributed by atoms with Crippen LogP contribution in [0.2, 0.25) is 0 Å². The number of amides is 2. The van der Waals surface area contributed by atoms with Crippen molar-refractivity contribution >= 4 is 17.9 Å². The van der Waals surface area contributed by atoms with Gasteiger partial charge in [-0.25, -0.2) is 4.68 Å². The van der Waals surface area contributed by atoms with Gasteiger partial charge in [-0.3, -0.25) is 14.5 Å². The van der Waals surface area contributed by atoms with Gasteiger partial charge in [0, 0.05) is 22.9 Å². The van der Waals surface area contributed by atoms with Crippen molar-refractivity contribution in [1.82, 2.24) is 14.7 Å². The molecule has 0 saturated carbocycles. The summed E-state index contributed by atoms with van der Waals surface area (Å²) >= 11 is 0. The van der Waals surface area contributed by atoms with Gasteiger partial charge < -0.3 is 4.74 Å². The molecular weight excluding hydrogens is 500 g/mol. The largest absolute Gasteiger partial charge is 0.494 e. The average molecular weight is 529 g/mol. The van der Waals surface area contributed by atoms with Crippen molar-refractivity contribution in [3.8, 4) is 28.8 Å². The molecule has 40 heavy (non-hydrogen) atoms. The maximum Gasteiger partial charge on any atom is 0.271 e. The lowest BCUT2D eigenvalue weighted by atomic mass is 9.93. The molecular formula is C33H28N4O3. The number of hydrogen-bond donors (Lipinski definition) is 0. The van der Waals surface area contributed by atoms with E-state index in [1.807, 2.05) is 97.2 Å². The number of imide groups is 1. The van der Waals surface area contributed by atoms with Crippen molar-refractivity contribution in [3.63, 3.8) is 0 Å². The maximum absolute atomic E-state index is 13.7. The molecule has 0 fully saturated rings. The number of nitrogens with zero attached hydrogens (tertiary/aromatic N) is 4. The van der Waals surface area contributed by atoms with Crippen molar-refractivity contribution in [3.05, 3.63) is 119 Å². The lowest BCUT2D eigenvalue weighted by molar-refractivity contribution is -0.141. The molecule has 0 radical (unpaired) electrons. The fraction of sp³-hybridized carbons (Fsp3) is 0.152. The number of rotatable bonds is 8. The molecule has 2 heterocycles. The lowest BCUT2D eigenvalue weighted by Gasteiger charge is -2.27. The molecule has 1 aliphatic heterocycles. The molecule has 5 rings (SSSR count). The van der Waals surface area contributed by atoms with Crippen LogP contribution in [0.3, 0.4) is 0 Å². The number of carbonyl (C=O) groups is 2. The van der Waals surface area contributed by atoms with Gasteiger partial charge in [0.15, 0.2) is 0 Å². The third-order valence-electron chi connectivity index (χ3n) is 6.67. The summed E-state index contributed by atoms with van der Waals surface area (Å²) < 4.78 is 7.50. The van der Waals surface area contributed by atoms with E-state index in [0.29, 0.717) is 23.4 Å². The van der Waals surface area contributed by atoms with E-state index in [0.717, 1.165) is 33.9 Å². The molecule has 7 nitrogen and oxygen atoms in total. The Bertz CT molecular complexity index is 1640. The third-order valence-corrected chi connectivity index (χ3v) is 6.67. The molecule has 0 saturated heterocycles. The standard InChI is InChI=1S/C33H28N4O3/c1-3-18-40-28-16-14-25(15-17-28)31-26(22-37(35-31)27-12-8-5-9-13-27)19-29-23(2)30(20-34)33(39)36(32(29)38)21-24-10-6-4-7-11-24/h4-17,19,22H,3,18,21H2,1-2H3/b29-19+. The highest BCUT2D eigenvalue weighted by molar-refractivity contribution is 6.19. The molecule has 0 atom stereocenters. The van der Waals surface area contributed by atoms with E-state index in [2.05, 4.69) is 6.92 Å². The molecule has 0 N–H and O–H groups in total. The molecule has 0 unspecified atom stereocenters. The fourth-order valence-corrected chi connectivity index (χ4v) is 4.55. The fourth-order valence-electron chi connectivity index (χ4n) is 4.55. The molecule has 0 aliphatic carbocycles. The van der Waals surface area contributed by atoms with Crippen LogP contribution in [0.5, 0.6) is 5.75 Å². The molecule has 198 valence electrons. The minimum atomic E-state index is -0.589. The zero-order chi connectivity index (χ0) is 28.1. The summed E-state index contributed by atoms with van der Waals surface area (Å²) in [6.07, 6.45) is 4.49. The second-order valence-corrected chi connectivity index (χ2v) is 9.44. The Balaban J connectivity index is 1.61. The lowest BCUT2D eigenvalue weighted by Crippen LogP contribution is -2.42. The summed E-state index contributed by atoms with van der Waals surface area (Å²) in [6, 6.07) is 28.6. The Morgan fingerprint density at radius 3 is 2.25 bits per heavy atom. The van der Waals surface area contributed by atoms with Crippen LogP contribution in [0.25, 0.3) is 23.0 Å². The second kappa shape index (κ2) is 11.7. The predicted octanol–water partition coefficient (Wildman–Crippen LogP) is 6.12. The van der Waals surface area contributed by atoms with E-state index >= 15 is 0 Å². The molecule has 4 aromatic rings. The van der Waals surface area contributed by atoms with Gasteiger partial charge in [-0.1, -0.05) is 55.5 Å². The maximum atomic E-state index is 13.7. The SMILES string of the molecule is CCCOc1ccc(-c2nn(-c3ccccc3)cc2/C=C2/C(=O)N(Cc3ccccc3)C(=O)C(C#N)=C2C)cc1. The van der Waals surface area contributed by atoms with E-state index in [9.17, 15) is 14.9 Å². The highest BCUT2D eigenvalue weighted by atomic mass is 16.5. The van der Waals surface area contributed by atoms with Gasteiger partial charge in [0.05, 0.1) is 24.5 Å². The van der Waals surface area contributed by atoms with Crippen LogP contribution in [-0.2, 0) is 16.1 Å². The Kier molecular flexibility index (Phi) is 7.70. The Hall–Kier alpha value is -5.22. The van der Waals surface area contributed by atoms with Crippen molar-refractivity contribution in [2.75, 3.05) is 6.61 Å². The molecule has 7 heteroatoms. The molecule has 0 spiro atoms. The van der Waals surface area contributed by atoms with Crippen LogP contribution >= 0.6 is 0 Å². The summed E-state index contributed by atoms with van der Waals surface area (Å²) in [7, 11) is 0. The van der Waals surface area contributed by atoms with Crippen LogP contribution in [0, 0.1) is 11.3 Å². The molecule has 1 aliphatic rings. The van der Waals surface area contributed by atoms with Gasteiger partial charge in [-0.2, -0.15) is 10.4 Å². The normalized spacial score (nSPS) is 14.5. The zero-order valence-corrected chi connectivity index (χ0v) is 22.4. The van der Waals surface area contributed by atoms with Crippen molar-refractivity contribution in [2.45, 2.75) is 26.8 Å². The number of para-hydroxylation sites is 1. The Morgan fingerprint density at radius 1 is 0.925 bits per heavy atom. The first kappa shape index (κ1) is 26.4. The van der Waals surface area contributed by atoms with Gasteiger partial charge in [0.2, 0.25) is 0 Å². The number of benzene rings is 3. The van der Waals surface area contributed by atoms with Gasteiger partial charge in [0.1, 0.15) is 17.4 Å². The molecule has 1 aromatic heterocycles. The van der Waals surface area contributed by atoms with Gasteiger partial charge in [-0.05, 0) is 67.0 Å². The Labute approximate surface area is 233 Å². The number of nitriles is 1. The first-order valence-electron chi connectivity index (χ1n) is 13.1. The van der Waals surface area contributed by atoms with Crippen LogP contribution in [0.4, 0.5) is 0 Å². The first-order chi connectivity index (χ1) is 19.5. The minimum absolute atomic E-state index is 0.0452. The van der Waals surface area contributed by atoms with Crippen molar-refractivity contribution in [2.24, 2.45) is 0 Å². The van der Waals surface area contributed by atoms with Crippen LogP contribution < -0.4 is 4.74 Å². The van der Waals surface area contributed by atoms with Crippen LogP contribution in [-0.4, -0.2) is 33.1 Å². The summed E-state index contributed by atoms with van der Waals surface area (Å²) in [5.41, 5.74) is 4.42. The highest BCUT2D eigenvalue weighted by Gasteiger charge is 2.35. The molecule has 0 bridgehead atoms. The predicted molar refractivity (Wildman–Crippen MR) is 153 cm³/mol. The average Bonchev–Trinajstić information content (AvgIpc) is 3.42. The summed E-state index contributed by atoms with van der Waals surface area (Å²) in [6.45, 7) is 4.40. The number of hydrogen-bond acceptors (Lipinski definition) is 5. The topological polar surface area (TPSA) is 88.2 Å². The molecule has 3 aromatic carbocycles. The zero-order valence-electron chi connectivity index (χ0n) is 22.4. The van der Waals surface area contributed by atoms with Gasteiger partial charge in [-0.15, -0.1) is 0 Å². The smallest absolute Gasteiger partial charge is 0.271 e. The number of carbonyl (C=O) groups excluding carboxylic acids is 2. The van der Waals surface area contributed by atoms with Crippen molar-refractivity contribution < 1.29 is 14.3 Å². The molecule has 2 amide bonds. The van der Waals surface area contributed by atoms with E-state index in [1.165, 1.54) is 0 Å². The summed E-state index contributed by atoms with van der Waals surface area (Å²) in [5.74, 6) is -0.274. The van der Waals surface area contributed by atoms with E-state index in [4.69, 9.17) is 9.84 Å². The Morgan fingerprint density at radius 2 is 1.60 bits per heavy atom. The minimum Gasteiger partial charge on any atom is -0.494 e. The summed E-state index contributed by atoms with van der Waals surface area (Å²) in [4.78, 5) is 28.0. The number of ether oxygens (including phenoxy) is 1. The summed E-state index contributed by atoms with van der Waals surface area (Å²) in [5, 5.41) is 14.7. The van der Waals surface area contributed by atoms with Gasteiger partial charge >= 0.3 is 0 Å². The number of aromatic nitrogens is 2. The van der Waals surface area contributed by atoms with Crippen LogP contribution in [0.1, 0.15) is 31.4 Å². The van der Waals surface area contributed by atoms with Crippen molar-refractivity contribution in [1.29, 1.82) is 5.26 Å². The van der Waals surface area contributed by atoms with E-state index < -0.39 is 11.8 Å². The van der Waals surface area contributed by atoms with Gasteiger partial charge in [0.25, 0.3) is 11.8 Å². The monoisotopic (exact) mass is 528 g/mol. The second-order valence-electron chi connectivity index (χ2n) is 9.44.